The fraction of sp³-hybridized carbons (Fsp3) is 0.0833. The number of nitrogens with two attached hydrogens (primary N) is 1. The fourth-order valence-electron chi connectivity index (χ4n) is 1.50. The third kappa shape index (κ3) is 2.56. The number of benzene rings is 1. The van der Waals surface area contributed by atoms with E-state index in [0.29, 0.717) is 16.9 Å². The average molecular weight is 273 g/mol. The molecule has 0 atom stereocenters. The fourth-order valence-corrected chi connectivity index (χ4v) is 1.79. The monoisotopic (exact) mass is 272 g/mol. The predicted molar refractivity (Wildman–Crippen MR) is 64.1 cm³/mol. The first-order valence-corrected chi connectivity index (χ1v) is 5.34. The molecule has 2 aromatic rings. The number of hydrogen-bond donors (Lipinski definition) is 1. The van der Waals surface area contributed by atoms with Crippen LogP contribution in [0.5, 0.6) is 0 Å². The highest BCUT2D eigenvalue weighted by Crippen LogP contribution is 2.36. The summed E-state index contributed by atoms with van der Waals surface area (Å²) in [6.07, 6.45) is -2.97. The van der Waals surface area contributed by atoms with Gasteiger partial charge in [0.15, 0.2) is 0 Å². The standard InChI is InChI=1S/C12H8ClF3N2/c13-10-5-7(1-3-9(10)12(14,15)16)8-2-4-11(17)18-6-8/h1-6H,(H2,17,18). The van der Waals surface area contributed by atoms with Crippen LogP contribution in [0.4, 0.5) is 19.0 Å². The van der Waals surface area contributed by atoms with Crippen LogP contribution in [0.25, 0.3) is 11.1 Å². The normalized spacial score (nSPS) is 11.6. The Balaban J connectivity index is 2.43. The first-order valence-electron chi connectivity index (χ1n) is 4.96. The van der Waals surface area contributed by atoms with Crippen LogP contribution in [-0.4, -0.2) is 4.98 Å². The summed E-state index contributed by atoms with van der Waals surface area (Å²) in [5.74, 6) is 0.344. The summed E-state index contributed by atoms with van der Waals surface area (Å²) < 4.78 is 37.6. The molecule has 2 nitrogen and oxygen atoms in total. The van der Waals surface area contributed by atoms with Gasteiger partial charge in [-0.25, -0.2) is 4.98 Å². The molecule has 0 aliphatic rings. The van der Waals surface area contributed by atoms with Crippen molar-refractivity contribution in [2.75, 3.05) is 5.73 Å². The average Bonchev–Trinajstić information content (AvgIpc) is 2.28. The van der Waals surface area contributed by atoms with E-state index in [-0.39, 0.29) is 5.02 Å². The Morgan fingerprint density at radius 2 is 1.72 bits per heavy atom. The van der Waals surface area contributed by atoms with Crippen LogP contribution in [0.3, 0.4) is 0 Å². The lowest BCUT2D eigenvalue weighted by atomic mass is 10.1. The van der Waals surface area contributed by atoms with E-state index < -0.39 is 11.7 Å². The summed E-state index contributed by atoms with van der Waals surface area (Å²) in [5.41, 5.74) is 5.79. The first-order chi connectivity index (χ1) is 8.38. The van der Waals surface area contributed by atoms with Gasteiger partial charge in [0, 0.05) is 11.8 Å². The zero-order valence-electron chi connectivity index (χ0n) is 9.00. The highest BCUT2D eigenvalue weighted by Gasteiger charge is 2.33. The van der Waals surface area contributed by atoms with E-state index in [9.17, 15) is 13.2 Å². The molecule has 18 heavy (non-hydrogen) atoms. The van der Waals surface area contributed by atoms with Crippen LogP contribution in [0.2, 0.25) is 5.02 Å². The molecule has 94 valence electrons. The quantitative estimate of drug-likeness (QED) is 0.852. The summed E-state index contributed by atoms with van der Waals surface area (Å²) in [7, 11) is 0. The minimum atomic E-state index is -4.45. The van der Waals surface area contributed by atoms with Gasteiger partial charge >= 0.3 is 6.18 Å². The molecule has 0 saturated heterocycles. The number of rotatable bonds is 1. The van der Waals surface area contributed by atoms with Crippen molar-refractivity contribution in [2.24, 2.45) is 0 Å². The zero-order chi connectivity index (χ0) is 13.3. The molecule has 6 heteroatoms. The number of nitrogens with zero attached hydrogens (tertiary/aromatic N) is 1. The largest absolute Gasteiger partial charge is 0.417 e. The van der Waals surface area contributed by atoms with E-state index in [4.69, 9.17) is 17.3 Å². The number of pyridine rings is 1. The Labute approximate surface area is 106 Å². The Kier molecular flexibility index (Phi) is 3.17. The number of alkyl halides is 3. The van der Waals surface area contributed by atoms with Crippen LogP contribution < -0.4 is 5.73 Å². The lowest BCUT2D eigenvalue weighted by molar-refractivity contribution is -0.137. The van der Waals surface area contributed by atoms with Crippen molar-refractivity contribution in [3.8, 4) is 11.1 Å². The smallest absolute Gasteiger partial charge is 0.384 e. The molecule has 2 N–H and O–H groups in total. The SMILES string of the molecule is Nc1ccc(-c2ccc(C(F)(F)F)c(Cl)c2)cn1. The molecule has 0 saturated carbocycles. The highest BCUT2D eigenvalue weighted by atomic mass is 35.5. The molecule has 1 aromatic heterocycles. The van der Waals surface area contributed by atoms with Gasteiger partial charge in [-0.1, -0.05) is 17.7 Å². The van der Waals surface area contributed by atoms with Gasteiger partial charge in [-0.2, -0.15) is 13.2 Å². The van der Waals surface area contributed by atoms with Crippen LogP contribution in [-0.2, 0) is 6.18 Å². The maximum atomic E-state index is 12.5. The Morgan fingerprint density at radius 1 is 1.06 bits per heavy atom. The summed E-state index contributed by atoms with van der Waals surface area (Å²) in [5, 5.41) is -0.336. The summed E-state index contributed by atoms with van der Waals surface area (Å²) in [6.45, 7) is 0. The molecule has 0 spiro atoms. The van der Waals surface area contributed by atoms with E-state index >= 15 is 0 Å². The molecule has 1 heterocycles. The number of hydrogen-bond acceptors (Lipinski definition) is 2. The molecule has 0 aliphatic carbocycles. The van der Waals surface area contributed by atoms with Gasteiger partial charge in [0.2, 0.25) is 0 Å². The Hall–Kier alpha value is -1.75. The molecule has 0 unspecified atom stereocenters. The second-order valence-electron chi connectivity index (χ2n) is 3.66. The molecule has 0 fully saturated rings. The second-order valence-corrected chi connectivity index (χ2v) is 4.07. The zero-order valence-corrected chi connectivity index (χ0v) is 9.76. The predicted octanol–water partition coefficient (Wildman–Crippen LogP) is 4.00. The van der Waals surface area contributed by atoms with Gasteiger partial charge in [-0.15, -0.1) is 0 Å². The topological polar surface area (TPSA) is 38.9 Å². The van der Waals surface area contributed by atoms with Crippen LogP contribution in [0, 0.1) is 0 Å². The van der Waals surface area contributed by atoms with E-state index in [0.717, 1.165) is 6.07 Å². The maximum absolute atomic E-state index is 12.5. The molecule has 0 radical (unpaired) electrons. The lowest BCUT2D eigenvalue weighted by Crippen LogP contribution is -2.05. The van der Waals surface area contributed by atoms with E-state index in [1.807, 2.05) is 0 Å². The molecular formula is C12H8ClF3N2. The van der Waals surface area contributed by atoms with Crippen molar-refractivity contribution in [1.82, 2.24) is 4.98 Å². The summed E-state index contributed by atoms with van der Waals surface area (Å²) in [4.78, 5) is 3.87. The lowest BCUT2D eigenvalue weighted by Gasteiger charge is -2.10. The molecule has 1 aromatic carbocycles. The summed E-state index contributed by atoms with van der Waals surface area (Å²) in [6, 6.07) is 6.80. The van der Waals surface area contributed by atoms with Gasteiger partial charge < -0.3 is 5.73 Å². The van der Waals surface area contributed by atoms with Crippen LogP contribution in [0.1, 0.15) is 5.56 Å². The van der Waals surface area contributed by atoms with Crippen molar-refractivity contribution in [3.05, 3.63) is 47.1 Å². The number of nitrogen functional groups attached to an aromatic ring is 1. The molecule has 0 amide bonds. The van der Waals surface area contributed by atoms with Gasteiger partial charge in [-0.05, 0) is 29.8 Å². The Morgan fingerprint density at radius 3 is 2.22 bits per heavy atom. The minimum Gasteiger partial charge on any atom is -0.384 e. The maximum Gasteiger partial charge on any atom is 0.417 e. The van der Waals surface area contributed by atoms with Crippen molar-refractivity contribution in [1.29, 1.82) is 0 Å². The number of anilines is 1. The van der Waals surface area contributed by atoms with E-state index in [1.54, 1.807) is 12.1 Å². The van der Waals surface area contributed by atoms with Crippen LogP contribution >= 0.6 is 11.6 Å². The van der Waals surface area contributed by atoms with Gasteiger partial charge in [0.25, 0.3) is 0 Å². The third-order valence-corrected chi connectivity index (χ3v) is 2.71. The highest BCUT2D eigenvalue weighted by molar-refractivity contribution is 6.31. The van der Waals surface area contributed by atoms with E-state index in [2.05, 4.69) is 4.98 Å². The number of halogens is 4. The van der Waals surface area contributed by atoms with Gasteiger partial charge in [0.05, 0.1) is 10.6 Å². The molecule has 0 aliphatic heterocycles. The number of aromatic nitrogens is 1. The molecule has 0 bridgehead atoms. The van der Waals surface area contributed by atoms with Crippen molar-refractivity contribution in [3.63, 3.8) is 0 Å². The summed E-state index contributed by atoms with van der Waals surface area (Å²) >= 11 is 5.63. The second kappa shape index (κ2) is 4.49. The van der Waals surface area contributed by atoms with Gasteiger partial charge in [0.1, 0.15) is 5.82 Å². The van der Waals surface area contributed by atoms with Crippen molar-refractivity contribution < 1.29 is 13.2 Å². The Bertz CT molecular complexity index is 565. The van der Waals surface area contributed by atoms with Crippen molar-refractivity contribution in [2.45, 2.75) is 6.18 Å². The molecule has 2 rings (SSSR count). The van der Waals surface area contributed by atoms with Crippen molar-refractivity contribution >= 4 is 17.4 Å². The van der Waals surface area contributed by atoms with Crippen LogP contribution in [0.15, 0.2) is 36.5 Å². The van der Waals surface area contributed by atoms with E-state index in [1.165, 1.54) is 18.3 Å². The first kappa shape index (κ1) is 12.7. The third-order valence-electron chi connectivity index (χ3n) is 2.39. The molecular weight excluding hydrogens is 265 g/mol. The minimum absolute atomic E-state index is 0.336. The van der Waals surface area contributed by atoms with Gasteiger partial charge in [-0.3, -0.25) is 0 Å².